The number of carboxylic acids is 1. The molecule has 138 valence electrons. The van der Waals surface area contributed by atoms with Crippen molar-refractivity contribution >= 4 is 34.5 Å². The molecule has 3 rings (SSSR count). The van der Waals surface area contributed by atoms with Crippen LogP contribution in [-0.4, -0.2) is 34.8 Å². The van der Waals surface area contributed by atoms with Crippen molar-refractivity contribution in [2.45, 2.75) is 6.92 Å². The molecule has 0 saturated carbocycles. The summed E-state index contributed by atoms with van der Waals surface area (Å²) in [6.45, 7) is 2.29. The molecule has 0 aliphatic rings. The maximum atomic E-state index is 10.8. The van der Waals surface area contributed by atoms with Crippen molar-refractivity contribution in [2.24, 2.45) is 0 Å². The summed E-state index contributed by atoms with van der Waals surface area (Å²) in [4.78, 5) is 19.6. The minimum absolute atomic E-state index is 0.417. The number of carboxylic acid groups (broad SMARTS) is 1. The number of rotatable bonds is 7. The molecular weight excluding hydrogens is 346 g/mol. The fourth-order valence-corrected chi connectivity index (χ4v) is 2.55. The van der Waals surface area contributed by atoms with Gasteiger partial charge in [0.05, 0.1) is 19.4 Å². The van der Waals surface area contributed by atoms with Gasteiger partial charge in [0.15, 0.2) is 5.65 Å². The first-order chi connectivity index (χ1) is 13.1. The lowest BCUT2D eigenvalue weighted by atomic mass is 10.2. The highest BCUT2D eigenvalue weighted by Crippen LogP contribution is 2.30. The highest BCUT2D eigenvalue weighted by atomic mass is 16.5. The van der Waals surface area contributed by atoms with Crippen molar-refractivity contribution in [3.8, 4) is 11.5 Å². The Morgan fingerprint density at radius 3 is 2.70 bits per heavy atom. The van der Waals surface area contributed by atoms with E-state index in [0.29, 0.717) is 23.7 Å². The van der Waals surface area contributed by atoms with Crippen molar-refractivity contribution in [1.82, 2.24) is 9.97 Å². The van der Waals surface area contributed by atoms with Crippen LogP contribution in [0.2, 0.25) is 0 Å². The quantitative estimate of drug-likeness (QED) is 0.614. The Bertz CT molecular complexity index is 984. The Hall–Kier alpha value is -3.61. The van der Waals surface area contributed by atoms with Gasteiger partial charge >= 0.3 is 5.97 Å². The van der Waals surface area contributed by atoms with E-state index < -0.39 is 5.97 Å². The summed E-state index contributed by atoms with van der Waals surface area (Å²) < 4.78 is 10.8. The lowest BCUT2D eigenvalue weighted by Crippen LogP contribution is -2.00. The molecule has 2 N–H and O–H groups in total. The average Bonchev–Trinajstić information content (AvgIpc) is 2.67. The number of nitrogens with zero attached hydrogens (tertiary/aromatic N) is 2. The summed E-state index contributed by atoms with van der Waals surface area (Å²) in [6, 6.07) is 11.2. The molecule has 0 aliphatic carbocycles. The number of aliphatic carboxylic acids is 1. The van der Waals surface area contributed by atoms with Crippen molar-refractivity contribution in [2.75, 3.05) is 19.0 Å². The van der Waals surface area contributed by atoms with E-state index in [1.54, 1.807) is 13.3 Å². The number of fused-ring (bicyclic) bond motifs is 1. The zero-order valence-corrected chi connectivity index (χ0v) is 15.0. The lowest BCUT2D eigenvalue weighted by Gasteiger charge is -2.12. The lowest BCUT2D eigenvalue weighted by molar-refractivity contribution is -0.131. The van der Waals surface area contributed by atoms with E-state index in [0.717, 1.165) is 28.6 Å². The van der Waals surface area contributed by atoms with E-state index in [9.17, 15) is 4.79 Å². The molecule has 0 amide bonds. The molecule has 0 radical (unpaired) electrons. The predicted octanol–water partition coefficient (Wildman–Crippen LogP) is 3.88. The third-order valence-corrected chi connectivity index (χ3v) is 3.78. The van der Waals surface area contributed by atoms with Gasteiger partial charge in [-0.15, -0.1) is 0 Å². The molecule has 7 heteroatoms. The van der Waals surface area contributed by atoms with E-state index in [2.05, 4.69) is 15.3 Å². The molecule has 1 aromatic carbocycles. The molecule has 0 atom stereocenters. The van der Waals surface area contributed by atoms with Crippen LogP contribution in [0.15, 0.2) is 48.7 Å². The molecule has 0 aliphatic heterocycles. The summed E-state index contributed by atoms with van der Waals surface area (Å²) in [7, 11) is 1.62. The van der Waals surface area contributed by atoms with Gasteiger partial charge in [-0.25, -0.2) is 14.8 Å². The molecule has 0 saturated heterocycles. The number of carbonyl (C=O) groups is 1. The number of hydrogen-bond acceptors (Lipinski definition) is 6. The van der Waals surface area contributed by atoms with Crippen LogP contribution < -0.4 is 14.8 Å². The van der Waals surface area contributed by atoms with Crippen LogP contribution in [0.1, 0.15) is 12.6 Å². The maximum Gasteiger partial charge on any atom is 0.328 e. The summed E-state index contributed by atoms with van der Waals surface area (Å²) in [6.07, 6.45) is 4.07. The van der Waals surface area contributed by atoms with Gasteiger partial charge in [-0.3, -0.25) is 0 Å². The van der Waals surface area contributed by atoms with Gasteiger partial charge in [-0.2, -0.15) is 0 Å². The Morgan fingerprint density at radius 1 is 1.26 bits per heavy atom. The van der Waals surface area contributed by atoms with Crippen molar-refractivity contribution in [3.63, 3.8) is 0 Å². The van der Waals surface area contributed by atoms with Gasteiger partial charge in [0.2, 0.25) is 0 Å². The van der Waals surface area contributed by atoms with E-state index in [1.807, 2.05) is 43.3 Å². The average molecular weight is 365 g/mol. The number of benzene rings is 1. The first-order valence-electron chi connectivity index (χ1n) is 8.35. The summed E-state index contributed by atoms with van der Waals surface area (Å²) in [5.74, 6) is 0.214. The van der Waals surface area contributed by atoms with Gasteiger partial charge in [0, 0.05) is 23.3 Å². The van der Waals surface area contributed by atoms with Gasteiger partial charge in [0.1, 0.15) is 17.2 Å². The molecule has 2 heterocycles. The largest absolute Gasteiger partial charge is 0.497 e. The number of methoxy groups -OCH3 is 1. The van der Waals surface area contributed by atoms with Crippen LogP contribution >= 0.6 is 0 Å². The van der Waals surface area contributed by atoms with Gasteiger partial charge in [-0.1, -0.05) is 0 Å². The fraction of sp³-hybridized carbons (Fsp3) is 0.150. The number of anilines is 2. The van der Waals surface area contributed by atoms with Crippen LogP contribution in [0, 0.1) is 0 Å². The summed E-state index contributed by atoms with van der Waals surface area (Å²) in [5, 5.41) is 13.0. The normalized spacial score (nSPS) is 10.9. The van der Waals surface area contributed by atoms with E-state index in [1.165, 1.54) is 6.08 Å². The molecule has 2 aromatic heterocycles. The SMILES string of the molecule is CCOc1cc2c(Nc3ccc(OC)cc3)ccnc2nc1C=CC(=O)O. The Kier molecular flexibility index (Phi) is 5.51. The molecule has 27 heavy (non-hydrogen) atoms. The maximum absolute atomic E-state index is 10.8. The van der Waals surface area contributed by atoms with Crippen LogP contribution in [-0.2, 0) is 4.79 Å². The Balaban J connectivity index is 2.03. The first kappa shape index (κ1) is 18.2. The van der Waals surface area contributed by atoms with Crippen LogP contribution in [0.25, 0.3) is 17.1 Å². The molecule has 0 bridgehead atoms. The van der Waals surface area contributed by atoms with Crippen LogP contribution in [0.3, 0.4) is 0 Å². The number of aromatic nitrogens is 2. The third kappa shape index (κ3) is 4.33. The van der Waals surface area contributed by atoms with Crippen molar-refractivity contribution in [3.05, 3.63) is 54.4 Å². The molecule has 0 unspecified atom stereocenters. The minimum atomic E-state index is -1.05. The third-order valence-electron chi connectivity index (χ3n) is 3.78. The Labute approximate surface area is 156 Å². The van der Waals surface area contributed by atoms with Crippen molar-refractivity contribution in [1.29, 1.82) is 0 Å². The first-order valence-corrected chi connectivity index (χ1v) is 8.35. The second-order valence-electron chi connectivity index (χ2n) is 5.56. The standard InChI is InChI=1S/C20H19N3O4/c1-3-27-18-12-15-16(22-13-4-6-14(26-2)7-5-13)10-11-21-20(15)23-17(18)8-9-19(24)25/h4-12H,3H2,1-2H3,(H,24,25)(H,21,22,23). The molecular formula is C20H19N3O4. The predicted molar refractivity (Wildman–Crippen MR) is 104 cm³/mol. The Morgan fingerprint density at radius 2 is 2.04 bits per heavy atom. The topological polar surface area (TPSA) is 93.6 Å². The zero-order valence-electron chi connectivity index (χ0n) is 15.0. The number of nitrogens with one attached hydrogen (secondary N) is 1. The van der Waals surface area contributed by atoms with Crippen molar-refractivity contribution < 1.29 is 19.4 Å². The molecule has 7 nitrogen and oxygen atoms in total. The number of ether oxygens (including phenoxy) is 2. The van der Waals surface area contributed by atoms with Gasteiger partial charge in [-0.05, 0) is 49.4 Å². The van der Waals surface area contributed by atoms with E-state index >= 15 is 0 Å². The minimum Gasteiger partial charge on any atom is -0.497 e. The summed E-state index contributed by atoms with van der Waals surface area (Å²) >= 11 is 0. The van der Waals surface area contributed by atoms with Crippen LogP contribution in [0.5, 0.6) is 11.5 Å². The highest BCUT2D eigenvalue weighted by molar-refractivity contribution is 5.93. The van der Waals surface area contributed by atoms with E-state index in [4.69, 9.17) is 14.6 Å². The van der Waals surface area contributed by atoms with E-state index in [-0.39, 0.29) is 0 Å². The van der Waals surface area contributed by atoms with Crippen LogP contribution in [0.4, 0.5) is 11.4 Å². The molecule has 3 aromatic rings. The second-order valence-corrected chi connectivity index (χ2v) is 5.56. The summed E-state index contributed by atoms with van der Waals surface area (Å²) in [5.41, 5.74) is 2.60. The smallest absolute Gasteiger partial charge is 0.328 e. The number of pyridine rings is 2. The highest BCUT2D eigenvalue weighted by Gasteiger charge is 2.11. The monoisotopic (exact) mass is 365 g/mol. The number of hydrogen-bond donors (Lipinski definition) is 2. The fourth-order valence-electron chi connectivity index (χ4n) is 2.55. The molecule has 0 spiro atoms. The van der Waals surface area contributed by atoms with Gasteiger partial charge < -0.3 is 19.9 Å². The van der Waals surface area contributed by atoms with Gasteiger partial charge in [0.25, 0.3) is 0 Å². The molecule has 0 fully saturated rings. The zero-order chi connectivity index (χ0) is 19.2. The second kappa shape index (κ2) is 8.18.